The van der Waals surface area contributed by atoms with E-state index in [0.717, 1.165) is 31.7 Å². The number of rotatable bonds is 5. The van der Waals surface area contributed by atoms with E-state index in [4.69, 9.17) is 4.74 Å². The Morgan fingerprint density at radius 1 is 0.929 bits per heavy atom. The van der Waals surface area contributed by atoms with Gasteiger partial charge in [-0.3, -0.25) is 9.69 Å². The van der Waals surface area contributed by atoms with Crippen LogP contribution in [0.4, 0.5) is 0 Å². The zero-order valence-electron chi connectivity index (χ0n) is 16.8. The van der Waals surface area contributed by atoms with Crippen molar-refractivity contribution < 1.29 is 9.53 Å². The van der Waals surface area contributed by atoms with Gasteiger partial charge in [0.25, 0.3) is 5.91 Å². The van der Waals surface area contributed by atoms with Gasteiger partial charge in [0.05, 0.1) is 0 Å². The Bertz CT molecular complexity index is 774. The van der Waals surface area contributed by atoms with Crippen LogP contribution in [0.15, 0.2) is 54.6 Å². The molecule has 4 rings (SSSR count). The minimum Gasteiger partial charge on any atom is -0.484 e. The second-order valence-electron chi connectivity index (χ2n) is 8.07. The first-order valence-electron chi connectivity index (χ1n) is 10.5. The highest BCUT2D eigenvalue weighted by Gasteiger charge is 2.42. The van der Waals surface area contributed by atoms with Crippen LogP contribution >= 0.6 is 0 Å². The Hall–Kier alpha value is -2.33. The van der Waals surface area contributed by atoms with E-state index in [1.165, 1.54) is 37.1 Å². The highest BCUT2D eigenvalue weighted by Crippen LogP contribution is 2.40. The standard InChI is InChI=1S/C24H30N2O2/c1-20-9-11-22(12-10-20)28-19-23(27)25-17-13-24(14-18-25,26-15-5-6-16-26)21-7-3-2-4-8-21/h2-4,7-12H,5-6,13-19H2,1H3. The molecule has 0 N–H and O–H groups in total. The second-order valence-corrected chi connectivity index (χ2v) is 8.07. The number of piperidine rings is 1. The van der Waals surface area contributed by atoms with Crippen molar-refractivity contribution in [1.82, 2.24) is 9.80 Å². The molecule has 2 aliphatic heterocycles. The van der Waals surface area contributed by atoms with Crippen LogP contribution in [-0.2, 0) is 10.3 Å². The summed E-state index contributed by atoms with van der Waals surface area (Å²) in [6.45, 7) is 6.08. The number of likely N-dealkylation sites (tertiary alicyclic amines) is 2. The third-order valence-corrected chi connectivity index (χ3v) is 6.35. The van der Waals surface area contributed by atoms with Crippen molar-refractivity contribution in [2.75, 3.05) is 32.8 Å². The maximum Gasteiger partial charge on any atom is 0.260 e. The Labute approximate surface area is 168 Å². The van der Waals surface area contributed by atoms with Gasteiger partial charge in [-0.25, -0.2) is 0 Å². The lowest BCUT2D eigenvalue weighted by atomic mass is 9.79. The zero-order chi connectivity index (χ0) is 19.4. The first-order valence-corrected chi connectivity index (χ1v) is 10.5. The molecule has 2 fully saturated rings. The molecule has 148 valence electrons. The molecule has 1 amide bonds. The lowest BCUT2D eigenvalue weighted by molar-refractivity contribution is -0.136. The minimum atomic E-state index is 0.0757. The average Bonchev–Trinajstić information content (AvgIpc) is 3.29. The molecule has 0 bridgehead atoms. The first-order chi connectivity index (χ1) is 13.7. The summed E-state index contributed by atoms with van der Waals surface area (Å²) in [5.41, 5.74) is 2.67. The SMILES string of the molecule is Cc1ccc(OCC(=O)N2CCC(c3ccccc3)(N3CCCC3)CC2)cc1. The summed E-state index contributed by atoms with van der Waals surface area (Å²) in [6.07, 6.45) is 4.55. The monoisotopic (exact) mass is 378 g/mol. The number of carbonyl (C=O) groups is 1. The number of benzene rings is 2. The van der Waals surface area contributed by atoms with Crippen LogP contribution in [0.25, 0.3) is 0 Å². The van der Waals surface area contributed by atoms with E-state index in [9.17, 15) is 4.79 Å². The molecule has 4 nitrogen and oxygen atoms in total. The van der Waals surface area contributed by atoms with Gasteiger partial charge in [-0.1, -0.05) is 48.0 Å². The predicted octanol–water partition coefficient (Wildman–Crippen LogP) is 3.99. The summed E-state index contributed by atoms with van der Waals surface area (Å²) in [6, 6.07) is 18.7. The largest absolute Gasteiger partial charge is 0.484 e. The fraction of sp³-hybridized carbons (Fsp3) is 0.458. The minimum absolute atomic E-state index is 0.0757. The van der Waals surface area contributed by atoms with E-state index >= 15 is 0 Å². The Morgan fingerprint density at radius 2 is 1.57 bits per heavy atom. The van der Waals surface area contributed by atoms with E-state index in [1.807, 2.05) is 36.1 Å². The van der Waals surface area contributed by atoms with Gasteiger partial charge in [-0.05, 0) is 63.4 Å². The fourth-order valence-electron chi connectivity index (χ4n) is 4.68. The maximum absolute atomic E-state index is 12.7. The smallest absolute Gasteiger partial charge is 0.260 e. The number of hydrogen-bond acceptors (Lipinski definition) is 3. The average molecular weight is 379 g/mol. The summed E-state index contributed by atoms with van der Waals surface area (Å²) in [4.78, 5) is 17.3. The molecule has 0 radical (unpaired) electrons. The van der Waals surface area contributed by atoms with Crippen molar-refractivity contribution in [3.63, 3.8) is 0 Å². The van der Waals surface area contributed by atoms with Crippen molar-refractivity contribution in [3.05, 3.63) is 65.7 Å². The summed E-state index contributed by atoms with van der Waals surface area (Å²) >= 11 is 0. The molecule has 0 aromatic heterocycles. The predicted molar refractivity (Wildman–Crippen MR) is 111 cm³/mol. The van der Waals surface area contributed by atoms with Crippen molar-refractivity contribution in [2.24, 2.45) is 0 Å². The van der Waals surface area contributed by atoms with Gasteiger partial charge in [0, 0.05) is 18.6 Å². The Kier molecular flexibility index (Phi) is 5.67. The van der Waals surface area contributed by atoms with Gasteiger partial charge in [-0.2, -0.15) is 0 Å². The molecule has 0 unspecified atom stereocenters. The number of hydrogen-bond donors (Lipinski definition) is 0. The quantitative estimate of drug-likeness (QED) is 0.789. The normalized spacial score (nSPS) is 19.5. The molecule has 2 aromatic rings. The van der Waals surface area contributed by atoms with Crippen LogP contribution in [0.3, 0.4) is 0 Å². The molecule has 2 aromatic carbocycles. The number of amides is 1. The van der Waals surface area contributed by atoms with Crippen LogP contribution < -0.4 is 4.74 Å². The lowest BCUT2D eigenvalue weighted by Crippen LogP contribution is -2.54. The van der Waals surface area contributed by atoms with E-state index in [0.29, 0.717) is 0 Å². The third-order valence-electron chi connectivity index (χ3n) is 6.35. The van der Waals surface area contributed by atoms with Gasteiger partial charge < -0.3 is 9.64 Å². The van der Waals surface area contributed by atoms with Gasteiger partial charge in [0.1, 0.15) is 5.75 Å². The Morgan fingerprint density at radius 3 is 2.21 bits per heavy atom. The van der Waals surface area contributed by atoms with E-state index in [1.54, 1.807) is 0 Å². The molecule has 28 heavy (non-hydrogen) atoms. The first kappa shape index (κ1) is 19.0. The lowest BCUT2D eigenvalue weighted by Gasteiger charge is -2.48. The number of nitrogens with zero attached hydrogens (tertiary/aromatic N) is 2. The molecular formula is C24H30N2O2. The van der Waals surface area contributed by atoms with Crippen molar-refractivity contribution in [2.45, 2.75) is 38.1 Å². The number of carbonyl (C=O) groups excluding carboxylic acids is 1. The van der Waals surface area contributed by atoms with Crippen molar-refractivity contribution in [1.29, 1.82) is 0 Å². The van der Waals surface area contributed by atoms with Crippen LogP contribution in [0.2, 0.25) is 0 Å². The highest BCUT2D eigenvalue weighted by atomic mass is 16.5. The molecule has 4 heteroatoms. The van der Waals surface area contributed by atoms with E-state index in [-0.39, 0.29) is 18.1 Å². The van der Waals surface area contributed by atoms with Crippen LogP contribution in [-0.4, -0.2) is 48.5 Å². The van der Waals surface area contributed by atoms with Crippen LogP contribution in [0.1, 0.15) is 36.8 Å². The molecular weight excluding hydrogens is 348 g/mol. The van der Waals surface area contributed by atoms with Gasteiger partial charge in [0.15, 0.2) is 6.61 Å². The van der Waals surface area contributed by atoms with E-state index in [2.05, 4.69) is 35.2 Å². The summed E-state index contributed by atoms with van der Waals surface area (Å²) < 4.78 is 5.71. The molecule has 2 saturated heterocycles. The van der Waals surface area contributed by atoms with E-state index < -0.39 is 0 Å². The molecule has 0 spiro atoms. The fourth-order valence-corrected chi connectivity index (χ4v) is 4.68. The van der Waals surface area contributed by atoms with Gasteiger partial charge >= 0.3 is 0 Å². The molecule has 2 aliphatic rings. The molecule has 2 heterocycles. The summed E-state index contributed by atoms with van der Waals surface area (Å²) in [5, 5.41) is 0. The topological polar surface area (TPSA) is 32.8 Å². The molecule has 0 saturated carbocycles. The second kappa shape index (κ2) is 8.36. The Balaban J connectivity index is 1.40. The summed E-state index contributed by atoms with van der Waals surface area (Å²) in [5.74, 6) is 0.843. The highest BCUT2D eigenvalue weighted by molar-refractivity contribution is 5.78. The summed E-state index contributed by atoms with van der Waals surface area (Å²) in [7, 11) is 0. The number of aryl methyl sites for hydroxylation is 1. The molecule has 0 atom stereocenters. The van der Waals surface area contributed by atoms with Crippen molar-refractivity contribution in [3.8, 4) is 5.75 Å². The third kappa shape index (κ3) is 3.93. The van der Waals surface area contributed by atoms with Gasteiger partial charge in [0.2, 0.25) is 0 Å². The van der Waals surface area contributed by atoms with Crippen molar-refractivity contribution >= 4 is 5.91 Å². The van der Waals surface area contributed by atoms with Crippen LogP contribution in [0.5, 0.6) is 5.75 Å². The van der Waals surface area contributed by atoms with Gasteiger partial charge in [-0.15, -0.1) is 0 Å². The molecule has 0 aliphatic carbocycles. The van der Waals surface area contributed by atoms with Crippen LogP contribution in [0, 0.1) is 6.92 Å². The zero-order valence-corrected chi connectivity index (χ0v) is 16.8. The maximum atomic E-state index is 12.7. The number of ether oxygens (including phenoxy) is 1.